The van der Waals surface area contributed by atoms with E-state index in [1.807, 2.05) is 6.07 Å². The van der Waals surface area contributed by atoms with Crippen LogP contribution in [0.4, 0.5) is 24.7 Å². The number of carbonyl (C=O) groups excluding carboxylic acids is 1. The van der Waals surface area contributed by atoms with E-state index in [1.165, 1.54) is 41.0 Å². The van der Waals surface area contributed by atoms with Gasteiger partial charge in [-0.1, -0.05) is 18.2 Å². The van der Waals surface area contributed by atoms with Crippen molar-refractivity contribution >= 4 is 23.1 Å². The second-order valence-corrected chi connectivity index (χ2v) is 7.63. The quantitative estimate of drug-likeness (QED) is 0.489. The van der Waals surface area contributed by atoms with E-state index in [2.05, 4.69) is 25.3 Å². The van der Waals surface area contributed by atoms with Gasteiger partial charge in [0.05, 0.1) is 42.6 Å². The Labute approximate surface area is 192 Å². The van der Waals surface area contributed by atoms with Crippen LogP contribution in [0.15, 0.2) is 60.9 Å². The lowest BCUT2D eigenvalue weighted by atomic mass is 10.0. The molecule has 174 valence electrons. The molecule has 4 aromatic rings. The highest BCUT2D eigenvalue weighted by molar-refractivity contribution is 6.02. The monoisotopic (exact) mass is 468 g/mol. The predicted octanol–water partition coefficient (Wildman–Crippen LogP) is 3.90. The number of carbonyl (C=O) groups is 1. The first-order chi connectivity index (χ1) is 16.4. The Morgan fingerprint density at radius 2 is 1.76 bits per heavy atom. The fourth-order valence-electron chi connectivity index (χ4n) is 3.77. The number of ether oxygens (including phenoxy) is 1. The molecule has 1 aliphatic rings. The first-order valence-electron chi connectivity index (χ1n) is 10.5. The number of nitrogens with zero attached hydrogens (tertiary/aromatic N) is 5. The summed E-state index contributed by atoms with van der Waals surface area (Å²) in [6.07, 6.45) is -1.56. The Hall–Kier alpha value is -3.99. The number of morpholine rings is 1. The van der Waals surface area contributed by atoms with Gasteiger partial charge >= 0.3 is 6.18 Å². The number of amides is 1. The summed E-state index contributed by atoms with van der Waals surface area (Å²) < 4.78 is 46.9. The van der Waals surface area contributed by atoms with Gasteiger partial charge in [-0.15, -0.1) is 0 Å². The van der Waals surface area contributed by atoms with E-state index in [4.69, 9.17) is 4.74 Å². The van der Waals surface area contributed by atoms with Gasteiger partial charge in [0.15, 0.2) is 11.3 Å². The van der Waals surface area contributed by atoms with Crippen LogP contribution in [-0.4, -0.2) is 51.8 Å². The lowest BCUT2D eigenvalue weighted by Gasteiger charge is -2.28. The molecule has 1 aliphatic heterocycles. The number of imidazole rings is 1. The maximum absolute atomic E-state index is 13.5. The van der Waals surface area contributed by atoms with Crippen LogP contribution in [0, 0.1) is 0 Å². The molecule has 0 saturated carbocycles. The standard InChI is InChI=1S/C23H19F3N6O2/c24-23(25,26)17-4-2-1-3-16(17)18-6-8-21-28-14-19(32(21)30-18)22(33)29-20-7-5-15(13-27-20)31-9-11-34-12-10-31/h1-8,13-14H,9-12H2,(H,27,29,33). The first-order valence-corrected chi connectivity index (χ1v) is 10.5. The molecule has 5 rings (SSSR count). The SMILES string of the molecule is O=C(Nc1ccc(N2CCOCC2)cn1)c1cnc2ccc(-c3ccccc3C(F)(F)F)nn12. The van der Waals surface area contributed by atoms with E-state index in [9.17, 15) is 18.0 Å². The normalized spacial score (nSPS) is 14.4. The van der Waals surface area contributed by atoms with E-state index >= 15 is 0 Å². The Morgan fingerprint density at radius 3 is 2.50 bits per heavy atom. The van der Waals surface area contributed by atoms with Crippen LogP contribution in [0.3, 0.4) is 0 Å². The zero-order valence-corrected chi connectivity index (χ0v) is 17.8. The van der Waals surface area contributed by atoms with Gasteiger partial charge in [0.1, 0.15) is 5.82 Å². The average Bonchev–Trinajstić information content (AvgIpc) is 3.28. The molecule has 8 nitrogen and oxygen atoms in total. The number of benzene rings is 1. The number of aromatic nitrogens is 4. The molecule has 0 unspecified atom stereocenters. The minimum Gasteiger partial charge on any atom is -0.378 e. The zero-order chi connectivity index (χ0) is 23.7. The molecule has 0 atom stereocenters. The minimum atomic E-state index is -4.54. The van der Waals surface area contributed by atoms with Crippen LogP contribution in [0.2, 0.25) is 0 Å². The number of hydrogen-bond donors (Lipinski definition) is 1. The number of pyridine rings is 1. The van der Waals surface area contributed by atoms with E-state index in [0.29, 0.717) is 24.7 Å². The smallest absolute Gasteiger partial charge is 0.378 e. The second-order valence-electron chi connectivity index (χ2n) is 7.63. The molecule has 4 heterocycles. The Morgan fingerprint density at radius 1 is 0.971 bits per heavy atom. The van der Waals surface area contributed by atoms with Crippen LogP contribution in [0.25, 0.3) is 16.9 Å². The van der Waals surface area contributed by atoms with Crippen LogP contribution < -0.4 is 10.2 Å². The molecule has 34 heavy (non-hydrogen) atoms. The molecule has 1 saturated heterocycles. The fourth-order valence-corrected chi connectivity index (χ4v) is 3.77. The van der Waals surface area contributed by atoms with Crippen molar-refractivity contribution in [1.82, 2.24) is 19.6 Å². The summed E-state index contributed by atoms with van der Waals surface area (Å²) in [6.45, 7) is 2.83. The number of hydrogen-bond acceptors (Lipinski definition) is 6. The van der Waals surface area contributed by atoms with Crippen molar-refractivity contribution in [3.8, 4) is 11.3 Å². The number of halogens is 3. The van der Waals surface area contributed by atoms with Crippen molar-refractivity contribution in [2.75, 3.05) is 36.5 Å². The van der Waals surface area contributed by atoms with Crippen LogP contribution >= 0.6 is 0 Å². The van der Waals surface area contributed by atoms with Gasteiger partial charge in [-0.2, -0.15) is 18.3 Å². The molecule has 11 heteroatoms. The fraction of sp³-hybridized carbons (Fsp3) is 0.217. The van der Waals surface area contributed by atoms with Crippen molar-refractivity contribution in [1.29, 1.82) is 0 Å². The van der Waals surface area contributed by atoms with E-state index in [-0.39, 0.29) is 17.0 Å². The summed E-state index contributed by atoms with van der Waals surface area (Å²) in [4.78, 5) is 23.5. The van der Waals surface area contributed by atoms with Gasteiger partial charge in [0.2, 0.25) is 0 Å². The maximum Gasteiger partial charge on any atom is 0.417 e. The third kappa shape index (κ3) is 4.29. The Balaban J connectivity index is 1.41. The zero-order valence-electron chi connectivity index (χ0n) is 17.8. The molecular weight excluding hydrogens is 449 g/mol. The van der Waals surface area contributed by atoms with Crippen molar-refractivity contribution in [3.05, 3.63) is 72.2 Å². The largest absolute Gasteiger partial charge is 0.417 e. The van der Waals surface area contributed by atoms with Gasteiger partial charge in [0, 0.05) is 18.7 Å². The van der Waals surface area contributed by atoms with Gasteiger partial charge < -0.3 is 15.0 Å². The average molecular weight is 468 g/mol. The van der Waals surface area contributed by atoms with E-state index in [1.54, 1.807) is 12.3 Å². The highest BCUT2D eigenvalue weighted by Crippen LogP contribution is 2.36. The van der Waals surface area contributed by atoms with Crippen molar-refractivity contribution in [2.24, 2.45) is 0 Å². The summed E-state index contributed by atoms with van der Waals surface area (Å²) >= 11 is 0. The molecule has 3 aromatic heterocycles. The molecule has 0 radical (unpaired) electrons. The Kier molecular flexibility index (Phi) is 5.62. The molecule has 0 bridgehead atoms. The van der Waals surface area contributed by atoms with Crippen molar-refractivity contribution in [3.63, 3.8) is 0 Å². The van der Waals surface area contributed by atoms with E-state index < -0.39 is 17.6 Å². The van der Waals surface area contributed by atoms with Gasteiger partial charge in [-0.05, 0) is 30.3 Å². The highest BCUT2D eigenvalue weighted by atomic mass is 19.4. The molecule has 1 fully saturated rings. The molecule has 0 aliphatic carbocycles. The summed E-state index contributed by atoms with van der Waals surface area (Å²) in [6, 6.07) is 11.7. The number of anilines is 2. The van der Waals surface area contributed by atoms with Gasteiger partial charge in [-0.3, -0.25) is 4.79 Å². The predicted molar refractivity (Wildman–Crippen MR) is 119 cm³/mol. The molecular formula is C23H19F3N6O2. The van der Waals surface area contributed by atoms with Crippen LogP contribution in [0.1, 0.15) is 16.1 Å². The molecule has 1 N–H and O–H groups in total. The van der Waals surface area contributed by atoms with E-state index in [0.717, 1.165) is 24.8 Å². The number of fused-ring (bicyclic) bond motifs is 1. The maximum atomic E-state index is 13.5. The molecule has 1 amide bonds. The van der Waals surface area contributed by atoms with Gasteiger partial charge in [0.25, 0.3) is 5.91 Å². The number of rotatable bonds is 4. The first kappa shape index (κ1) is 21.8. The lowest BCUT2D eigenvalue weighted by Crippen LogP contribution is -2.36. The van der Waals surface area contributed by atoms with Crippen LogP contribution in [-0.2, 0) is 10.9 Å². The molecule has 1 aromatic carbocycles. The lowest BCUT2D eigenvalue weighted by molar-refractivity contribution is -0.137. The third-order valence-electron chi connectivity index (χ3n) is 5.47. The highest BCUT2D eigenvalue weighted by Gasteiger charge is 2.33. The van der Waals surface area contributed by atoms with Gasteiger partial charge in [-0.25, -0.2) is 14.5 Å². The second kappa shape index (κ2) is 8.75. The van der Waals surface area contributed by atoms with Crippen molar-refractivity contribution in [2.45, 2.75) is 6.18 Å². The number of nitrogens with one attached hydrogen (secondary N) is 1. The molecule has 0 spiro atoms. The summed E-state index contributed by atoms with van der Waals surface area (Å²) in [5, 5.41) is 6.96. The van der Waals surface area contributed by atoms with Crippen molar-refractivity contribution < 1.29 is 22.7 Å². The summed E-state index contributed by atoms with van der Waals surface area (Å²) in [7, 11) is 0. The summed E-state index contributed by atoms with van der Waals surface area (Å²) in [5.41, 5.74) is 0.496. The Bertz CT molecular complexity index is 1330. The number of alkyl halides is 3. The topological polar surface area (TPSA) is 84.7 Å². The summed E-state index contributed by atoms with van der Waals surface area (Å²) in [5.74, 6) is -0.205. The minimum absolute atomic E-state index is 0.0698. The van der Waals surface area contributed by atoms with Crippen LogP contribution in [0.5, 0.6) is 0 Å². The third-order valence-corrected chi connectivity index (χ3v) is 5.47.